The van der Waals surface area contributed by atoms with Crippen LogP contribution in [0.4, 0.5) is 26.4 Å². The van der Waals surface area contributed by atoms with Gasteiger partial charge in [0, 0.05) is 70.5 Å². The number of aromatic nitrogens is 7. The number of amides is 2. The lowest BCUT2D eigenvalue weighted by molar-refractivity contribution is -0.134. The van der Waals surface area contributed by atoms with Crippen LogP contribution in [0.5, 0.6) is 5.75 Å². The van der Waals surface area contributed by atoms with Gasteiger partial charge in [0.25, 0.3) is 0 Å². The zero-order valence-corrected chi connectivity index (χ0v) is 35.4. The average Bonchev–Trinajstić information content (AvgIpc) is 3.98. The van der Waals surface area contributed by atoms with Crippen molar-refractivity contribution in [2.24, 2.45) is 0 Å². The Kier molecular flexibility index (Phi) is 9.65. The molecule has 2 amide bonds. The van der Waals surface area contributed by atoms with Crippen LogP contribution in [0.1, 0.15) is 44.3 Å². The number of anilines is 3. The van der Waals surface area contributed by atoms with E-state index in [9.17, 15) is 14.0 Å². The van der Waals surface area contributed by atoms with E-state index >= 15 is 4.39 Å². The number of nitrogens with zero attached hydrogens (tertiary/aromatic N) is 11. The minimum Gasteiger partial charge on any atom is -0.491 e. The summed E-state index contributed by atoms with van der Waals surface area (Å²) in [6.07, 6.45) is 5.30. The van der Waals surface area contributed by atoms with Crippen LogP contribution in [0.15, 0.2) is 54.7 Å². The van der Waals surface area contributed by atoms with Gasteiger partial charge in [0.1, 0.15) is 46.6 Å². The second-order valence-corrected chi connectivity index (χ2v) is 17.5. The summed E-state index contributed by atoms with van der Waals surface area (Å²) in [5, 5.41) is 9.07. The van der Waals surface area contributed by atoms with E-state index in [1.54, 1.807) is 36.0 Å². The van der Waals surface area contributed by atoms with Crippen molar-refractivity contribution in [2.45, 2.75) is 82.3 Å². The van der Waals surface area contributed by atoms with Gasteiger partial charge in [0.15, 0.2) is 5.65 Å². The quantitative estimate of drug-likeness (QED) is 0.247. The van der Waals surface area contributed by atoms with Crippen molar-refractivity contribution in [2.75, 3.05) is 62.1 Å². The Morgan fingerprint density at radius 3 is 2.59 bits per heavy atom. The van der Waals surface area contributed by atoms with E-state index in [1.807, 2.05) is 39.5 Å². The number of hydrogen-bond acceptors (Lipinski definition) is 12. The van der Waals surface area contributed by atoms with Gasteiger partial charge in [0.05, 0.1) is 59.6 Å². The Labute approximate surface area is 361 Å². The third-order valence-electron chi connectivity index (χ3n) is 13.4. The topological polar surface area (TPSA) is 152 Å². The number of ether oxygens (including phenoxy) is 2. The highest BCUT2D eigenvalue weighted by atomic mass is 19.1. The van der Waals surface area contributed by atoms with Crippen molar-refractivity contribution in [3.8, 4) is 22.7 Å². The van der Waals surface area contributed by atoms with E-state index in [0.29, 0.717) is 115 Å². The van der Waals surface area contributed by atoms with Gasteiger partial charge in [0.2, 0.25) is 17.8 Å². The molecule has 2 aromatic carbocycles. The van der Waals surface area contributed by atoms with Crippen LogP contribution in [0.25, 0.3) is 39.0 Å². The van der Waals surface area contributed by atoms with Crippen molar-refractivity contribution in [1.29, 1.82) is 0 Å². The second kappa shape index (κ2) is 15.4. The van der Waals surface area contributed by atoms with Gasteiger partial charge in [-0.25, -0.2) is 23.4 Å². The first kappa shape index (κ1) is 39.4. The molecule has 7 aliphatic rings. The molecule has 0 saturated carbocycles. The molecule has 0 unspecified atom stereocenters. The SMILES string of the molecule is CO[C@H]1CN(C)C(=O)[C@@H]2C[C@@H](CN2c2nc3nc4c2cnn4-c2ccc(F)cc2OCCCCCC(=O)N2C[C@H]4C[C@@H](C2)N34)Nc2cccc(n2)-c2cc(F)cc3nc(C)n(c23)C1. The number of aryl methyl sites for hydroxylation is 1. The third kappa shape index (κ3) is 6.85. The summed E-state index contributed by atoms with van der Waals surface area (Å²) >= 11 is 0. The lowest BCUT2D eigenvalue weighted by Gasteiger charge is -2.56. The maximum atomic E-state index is 15.2. The molecular formula is C45H48F2N12O4. The summed E-state index contributed by atoms with van der Waals surface area (Å²) in [7, 11) is 3.41. The second-order valence-electron chi connectivity index (χ2n) is 17.5. The van der Waals surface area contributed by atoms with E-state index < -0.39 is 23.8 Å². The Hall–Kier alpha value is -6.43. The van der Waals surface area contributed by atoms with Gasteiger partial charge in [-0.05, 0) is 69.4 Å². The molecule has 4 saturated heterocycles. The number of likely N-dealkylation sites (N-methyl/N-ethyl adjacent to an activating group) is 1. The Bertz CT molecular complexity index is 2780. The highest BCUT2D eigenvalue weighted by Gasteiger charge is 2.48. The number of fused-ring (bicyclic) bond motifs is 11. The molecule has 0 aliphatic carbocycles. The molecule has 0 spiro atoms. The fourth-order valence-electron chi connectivity index (χ4n) is 10.3. The Balaban J connectivity index is 1.04. The standard InChI is InChI=1S/C45H48F2N12O4/c1-25-49-35-15-27(47)14-32-34-8-7-9-39(51-34)50-28-17-37(44(61)54(2)23-31(62-3)24-56(25)41(32)35)57(20-28)42-33-19-48-59-36-12-11-26(46)16-38(36)63-13-6-4-5-10-40(60)55-21-29-18-30(22-55)58(29)45(52-42)53-43(33)59/h7-9,11-12,14-16,19,28-31,37H,4-6,10,13,17-18,20-24H2,1-3H3,(H,50,51)/t28-,29-,30+,31-,37-/m0/s1. The average molecular weight is 859 g/mol. The molecule has 5 atom stereocenters. The molecule has 63 heavy (non-hydrogen) atoms. The number of halogens is 2. The summed E-state index contributed by atoms with van der Waals surface area (Å²) in [5.41, 5.74) is 3.44. The highest BCUT2D eigenvalue weighted by Crippen LogP contribution is 2.41. The number of hydrogen-bond donors (Lipinski definition) is 1. The third-order valence-corrected chi connectivity index (χ3v) is 13.4. The first-order valence-electron chi connectivity index (χ1n) is 21.8. The molecule has 6 aromatic rings. The van der Waals surface area contributed by atoms with Gasteiger partial charge < -0.3 is 39.0 Å². The van der Waals surface area contributed by atoms with E-state index in [2.05, 4.69) is 10.2 Å². The number of imidazole rings is 1. The van der Waals surface area contributed by atoms with Crippen molar-refractivity contribution in [3.05, 3.63) is 72.2 Å². The first-order valence-corrected chi connectivity index (χ1v) is 21.8. The molecular weight excluding hydrogens is 811 g/mol. The number of nitrogens with one attached hydrogen (secondary N) is 1. The fourth-order valence-corrected chi connectivity index (χ4v) is 10.3. The zero-order valence-electron chi connectivity index (χ0n) is 35.4. The van der Waals surface area contributed by atoms with Gasteiger partial charge in [-0.1, -0.05) is 6.07 Å². The number of rotatable bonds is 2. The minimum atomic E-state index is -0.670. The summed E-state index contributed by atoms with van der Waals surface area (Å²) in [6, 6.07) is 12.0. The zero-order chi connectivity index (χ0) is 43.1. The van der Waals surface area contributed by atoms with Crippen LogP contribution < -0.4 is 19.9 Å². The Morgan fingerprint density at radius 1 is 0.889 bits per heavy atom. The molecule has 10 bridgehead atoms. The number of benzene rings is 2. The van der Waals surface area contributed by atoms with Crippen molar-refractivity contribution in [3.63, 3.8) is 0 Å². The van der Waals surface area contributed by atoms with Crippen LogP contribution in [-0.2, 0) is 20.9 Å². The predicted molar refractivity (Wildman–Crippen MR) is 231 cm³/mol. The fraction of sp³-hybridized carbons (Fsp3) is 0.444. The molecule has 13 rings (SSSR count). The number of methoxy groups -OCH3 is 1. The van der Waals surface area contributed by atoms with Crippen molar-refractivity contribution in [1.82, 2.24) is 44.1 Å². The van der Waals surface area contributed by atoms with Gasteiger partial charge in [-0.15, -0.1) is 0 Å². The molecule has 0 radical (unpaired) electrons. The van der Waals surface area contributed by atoms with Crippen molar-refractivity contribution >= 4 is 51.5 Å². The maximum Gasteiger partial charge on any atom is 0.245 e. The monoisotopic (exact) mass is 858 g/mol. The number of piperazine rings is 1. The van der Waals surface area contributed by atoms with E-state index in [4.69, 9.17) is 34.5 Å². The lowest BCUT2D eigenvalue weighted by Crippen LogP contribution is -2.70. The maximum absolute atomic E-state index is 15.2. The molecule has 4 fully saturated rings. The van der Waals surface area contributed by atoms with Gasteiger partial charge in [-0.2, -0.15) is 15.1 Å². The van der Waals surface area contributed by atoms with E-state index in [0.717, 1.165) is 24.8 Å². The number of carbonyl (C=O) groups excluding carboxylic acids is 2. The summed E-state index contributed by atoms with van der Waals surface area (Å²) in [6.45, 7) is 4.37. The molecule has 326 valence electrons. The summed E-state index contributed by atoms with van der Waals surface area (Å²) in [5.74, 6) is 1.75. The van der Waals surface area contributed by atoms with Gasteiger partial charge >= 0.3 is 0 Å². The van der Waals surface area contributed by atoms with Crippen LogP contribution in [-0.4, -0.2) is 133 Å². The van der Waals surface area contributed by atoms with E-state index in [1.165, 1.54) is 24.3 Å². The normalized spacial score (nSPS) is 23.9. The lowest BCUT2D eigenvalue weighted by atomic mass is 9.87. The molecule has 18 heteroatoms. The van der Waals surface area contributed by atoms with Gasteiger partial charge in [-0.3, -0.25) is 9.59 Å². The summed E-state index contributed by atoms with van der Waals surface area (Å²) < 4.78 is 46.0. The number of carbonyl (C=O) groups is 2. The van der Waals surface area contributed by atoms with Crippen LogP contribution >= 0.6 is 0 Å². The first-order chi connectivity index (χ1) is 30.6. The van der Waals surface area contributed by atoms with Crippen LogP contribution in [0.3, 0.4) is 0 Å². The van der Waals surface area contributed by atoms with Crippen LogP contribution in [0, 0.1) is 18.6 Å². The number of piperidine rings is 1. The number of pyridine rings is 1. The van der Waals surface area contributed by atoms with E-state index in [-0.39, 0.29) is 36.5 Å². The molecule has 1 N–H and O–H groups in total. The molecule has 16 nitrogen and oxygen atoms in total. The molecule has 4 aromatic heterocycles. The summed E-state index contributed by atoms with van der Waals surface area (Å²) in [4.78, 5) is 56.5. The molecule has 7 aliphatic heterocycles. The minimum absolute atomic E-state index is 0.0215. The largest absolute Gasteiger partial charge is 0.491 e. The Morgan fingerprint density at radius 2 is 1.75 bits per heavy atom. The van der Waals surface area contributed by atoms with Crippen LogP contribution in [0.2, 0.25) is 0 Å². The van der Waals surface area contributed by atoms with Crippen molar-refractivity contribution < 1.29 is 27.8 Å². The smallest absolute Gasteiger partial charge is 0.245 e. The predicted octanol–water partition coefficient (Wildman–Crippen LogP) is 5.10. The highest BCUT2D eigenvalue weighted by molar-refractivity contribution is 5.95. The molecule has 11 heterocycles.